The van der Waals surface area contributed by atoms with Gasteiger partial charge in [0.25, 0.3) is 5.91 Å². The molecular formula is C22H16N4OS. The zero-order valence-electron chi connectivity index (χ0n) is 14.8. The second-order valence-corrected chi connectivity index (χ2v) is 7.42. The number of pyridine rings is 1. The predicted octanol–water partition coefficient (Wildman–Crippen LogP) is 5.11. The van der Waals surface area contributed by atoms with Crippen LogP contribution < -0.4 is 10.6 Å². The molecule has 5 nitrogen and oxygen atoms in total. The number of amides is 1. The third kappa shape index (κ3) is 3.14. The van der Waals surface area contributed by atoms with Crippen LogP contribution in [0.15, 0.2) is 72.4 Å². The van der Waals surface area contributed by atoms with Crippen LogP contribution in [0, 0.1) is 0 Å². The van der Waals surface area contributed by atoms with Crippen LogP contribution in [0.2, 0.25) is 0 Å². The van der Waals surface area contributed by atoms with E-state index in [0.29, 0.717) is 10.8 Å². The van der Waals surface area contributed by atoms with Gasteiger partial charge in [-0.05, 0) is 52.9 Å². The van der Waals surface area contributed by atoms with Gasteiger partial charge in [0.05, 0.1) is 11.9 Å². The summed E-state index contributed by atoms with van der Waals surface area (Å²) in [6, 6.07) is 18.2. The van der Waals surface area contributed by atoms with Crippen LogP contribution in [0.5, 0.6) is 0 Å². The van der Waals surface area contributed by atoms with E-state index in [4.69, 9.17) is 0 Å². The molecule has 0 bridgehead atoms. The van der Waals surface area contributed by atoms with Gasteiger partial charge >= 0.3 is 0 Å². The summed E-state index contributed by atoms with van der Waals surface area (Å²) in [5.41, 5.74) is 7.09. The van der Waals surface area contributed by atoms with Crippen molar-refractivity contribution in [3.05, 3.63) is 89.2 Å². The van der Waals surface area contributed by atoms with Gasteiger partial charge in [-0.2, -0.15) is 0 Å². The van der Waals surface area contributed by atoms with Gasteiger partial charge in [0.1, 0.15) is 5.69 Å². The normalized spacial score (nSPS) is 11.6. The highest BCUT2D eigenvalue weighted by Crippen LogP contribution is 2.37. The molecule has 136 valence electrons. The van der Waals surface area contributed by atoms with Gasteiger partial charge in [0.15, 0.2) is 5.13 Å². The summed E-state index contributed by atoms with van der Waals surface area (Å²) in [6.45, 7) is 0. The predicted molar refractivity (Wildman–Crippen MR) is 112 cm³/mol. The fourth-order valence-electron chi connectivity index (χ4n) is 3.41. The third-order valence-electron chi connectivity index (χ3n) is 4.70. The van der Waals surface area contributed by atoms with E-state index in [1.165, 1.54) is 33.6 Å². The van der Waals surface area contributed by atoms with Gasteiger partial charge in [0.2, 0.25) is 0 Å². The van der Waals surface area contributed by atoms with Crippen molar-refractivity contribution in [2.24, 2.45) is 0 Å². The second-order valence-electron chi connectivity index (χ2n) is 6.56. The number of anilines is 3. The van der Waals surface area contributed by atoms with Gasteiger partial charge in [-0.25, -0.2) is 4.98 Å². The standard InChI is InChI=1S/C22H16N4OS/c27-21(20-13-28-22(26-20)25-17-5-3-9-23-12-17)24-16-7-8-19-15(11-16)10-14-4-1-2-6-18(14)19/h1-9,11-13H,10H2,(H,24,27)(H,25,26). The molecule has 0 atom stereocenters. The number of thiazole rings is 1. The highest BCUT2D eigenvalue weighted by atomic mass is 32.1. The Kier molecular flexibility index (Phi) is 4.10. The third-order valence-corrected chi connectivity index (χ3v) is 5.46. The molecule has 2 heterocycles. The average Bonchev–Trinajstić information content (AvgIpc) is 3.33. The van der Waals surface area contributed by atoms with Crippen molar-refractivity contribution >= 4 is 33.8 Å². The Bertz CT molecular complexity index is 1170. The van der Waals surface area contributed by atoms with Gasteiger partial charge in [0, 0.05) is 17.3 Å². The summed E-state index contributed by atoms with van der Waals surface area (Å²) in [6.07, 6.45) is 4.32. The van der Waals surface area contributed by atoms with Crippen LogP contribution in [0.4, 0.5) is 16.5 Å². The summed E-state index contributed by atoms with van der Waals surface area (Å²) in [7, 11) is 0. The second kappa shape index (κ2) is 6.90. The van der Waals surface area contributed by atoms with E-state index in [9.17, 15) is 4.79 Å². The fourth-order valence-corrected chi connectivity index (χ4v) is 4.12. The minimum absolute atomic E-state index is 0.217. The molecule has 2 aromatic heterocycles. The number of rotatable bonds is 4. The lowest BCUT2D eigenvalue weighted by atomic mass is 10.1. The Morgan fingerprint density at radius 3 is 2.75 bits per heavy atom. The van der Waals surface area contributed by atoms with Crippen molar-refractivity contribution in [1.82, 2.24) is 9.97 Å². The van der Waals surface area contributed by atoms with Gasteiger partial charge in [-0.3, -0.25) is 9.78 Å². The maximum Gasteiger partial charge on any atom is 0.275 e. The summed E-state index contributed by atoms with van der Waals surface area (Å²) >= 11 is 1.38. The lowest BCUT2D eigenvalue weighted by Crippen LogP contribution is -2.12. The highest BCUT2D eigenvalue weighted by molar-refractivity contribution is 7.14. The summed E-state index contributed by atoms with van der Waals surface area (Å²) in [4.78, 5) is 21.0. The molecule has 0 unspecified atom stereocenters. The molecular weight excluding hydrogens is 368 g/mol. The first-order valence-corrected chi connectivity index (χ1v) is 9.79. The summed E-state index contributed by atoms with van der Waals surface area (Å²) in [5, 5.41) is 8.51. The Morgan fingerprint density at radius 2 is 1.86 bits per heavy atom. The zero-order chi connectivity index (χ0) is 18.9. The van der Waals surface area contributed by atoms with Crippen LogP contribution in [0.25, 0.3) is 11.1 Å². The topological polar surface area (TPSA) is 66.9 Å². The molecule has 1 amide bonds. The average molecular weight is 384 g/mol. The van der Waals surface area contributed by atoms with Crippen LogP contribution in [-0.2, 0) is 6.42 Å². The summed E-state index contributed by atoms with van der Waals surface area (Å²) < 4.78 is 0. The number of carbonyl (C=O) groups is 1. The smallest absolute Gasteiger partial charge is 0.275 e. The fraction of sp³-hybridized carbons (Fsp3) is 0.0455. The quantitative estimate of drug-likeness (QED) is 0.452. The van der Waals surface area contributed by atoms with Crippen LogP contribution in [0.1, 0.15) is 21.6 Å². The molecule has 0 saturated carbocycles. The van der Waals surface area contributed by atoms with E-state index in [1.54, 1.807) is 17.8 Å². The molecule has 0 spiro atoms. The Labute approximate surface area is 166 Å². The van der Waals surface area contributed by atoms with Gasteiger partial charge < -0.3 is 10.6 Å². The van der Waals surface area contributed by atoms with E-state index in [2.05, 4.69) is 57.0 Å². The van der Waals surface area contributed by atoms with Crippen LogP contribution >= 0.6 is 11.3 Å². The van der Waals surface area contributed by atoms with E-state index in [0.717, 1.165) is 17.8 Å². The Hall–Kier alpha value is -3.51. The molecule has 0 radical (unpaired) electrons. The molecule has 28 heavy (non-hydrogen) atoms. The number of fused-ring (bicyclic) bond motifs is 3. The van der Waals surface area contributed by atoms with Crippen LogP contribution in [-0.4, -0.2) is 15.9 Å². The first kappa shape index (κ1) is 16.6. The highest BCUT2D eigenvalue weighted by Gasteiger charge is 2.19. The molecule has 0 saturated heterocycles. The number of aromatic nitrogens is 2. The molecule has 4 aromatic rings. The largest absolute Gasteiger partial charge is 0.330 e. The lowest BCUT2D eigenvalue weighted by Gasteiger charge is -2.06. The maximum atomic E-state index is 12.6. The van der Waals surface area contributed by atoms with Crippen molar-refractivity contribution in [3.8, 4) is 11.1 Å². The number of carbonyl (C=O) groups excluding carboxylic acids is 1. The molecule has 6 heteroatoms. The zero-order valence-corrected chi connectivity index (χ0v) is 15.7. The van der Waals surface area contributed by atoms with E-state index >= 15 is 0 Å². The van der Waals surface area contributed by atoms with Crippen molar-refractivity contribution in [3.63, 3.8) is 0 Å². The van der Waals surface area contributed by atoms with Crippen molar-refractivity contribution in [2.75, 3.05) is 10.6 Å². The molecule has 1 aliphatic carbocycles. The number of hydrogen-bond donors (Lipinski definition) is 2. The monoisotopic (exact) mass is 384 g/mol. The number of nitrogens with one attached hydrogen (secondary N) is 2. The molecule has 5 rings (SSSR count). The Morgan fingerprint density at radius 1 is 0.964 bits per heavy atom. The van der Waals surface area contributed by atoms with Gasteiger partial charge in [-0.1, -0.05) is 30.3 Å². The van der Waals surface area contributed by atoms with Crippen molar-refractivity contribution in [2.45, 2.75) is 6.42 Å². The molecule has 0 aliphatic heterocycles. The summed E-state index contributed by atoms with van der Waals surface area (Å²) in [5.74, 6) is -0.217. The maximum absolute atomic E-state index is 12.6. The van der Waals surface area contributed by atoms with Gasteiger partial charge in [-0.15, -0.1) is 11.3 Å². The molecule has 2 aromatic carbocycles. The van der Waals surface area contributed by atoms with E-state index in [1.807, 2.05) is 18.2 Å². The number of nitrogens with zero attached hydrogens (tertiary/aromatic N) is 2. The van der Waals surface area contributed by atoms with Crippen molar-refractivity contribution < 1.29 is 4.79 Å². The first-order valence-electron chi connectivity index (χ1n) is 8.91. The SMILES string of the molecule is O=C(Nc1ccc2c(c1)Cc1ccccc1-2)c1csc(Nc2cccnc2)n1. The van der Waals surface area contributed by atoms with E-state index < -0.39 is 0 Å². The van der Waals surface area contributed by atoms with Crippen molar-refractivity contribution in [1.29, 1.82) is 0 Å². The minimum atomic E-state index is -0.217. The number of benzene rings is 2. The lowest BCUT2D eigenvalue weighted by molar-refractivity contribution is 0.102. The minimum Gasteiger partial charge on any atom is -0.330 e. The molecule has 2 N–H and O–H groups in total. The molecule has 1 aliphatic rings. The first-order chi connectivity index (χ1) is 13.8. The van der Waals surface area contributed by atoms with Crippen LogP contribution in [0.3, 0.4) is 0 Å². The van der Waals surface area contributed by atoms with E-state index in [-0.39, 0.29) is 5.91 Å². The number of hydrogen-bond acceptors (Lipinski definition) is 5. The molecule has 0 fully saturated rings. The Balaban J connectivity index is 1.31.